The van der Waals surface area contributed by atoms with Gasteiger partial charge >= 0.3 is 0 Å². The van der Waals surface area contributed by atoms with Crippen molar-refractivity contribution in [1.82, 2.24) is 5.48 Å². The van der Waals surface area contributed by atoms with Gasteiger partial charge in [-0.2, -0.15) is 0 Å². The van der Waals surface area contributed by atoms with Crippen LogP contribution in [0.4, 0.5) is 0 Å². The van der Waals surface area contributed by atoms with E-state index >= 15 is 0 Å². The lowest BCUT2D eigenvalue weighted by Crippen LogP contribution is -2.23. The molecule has 0 saturated carbocycles. The normalized spacial score (nSPS) is 9.95. The minimum absolute atomic E-state index is 0.282. The molecular formula is C16H15NO2. The third kappa shape index (κ3) is 2.89. The Hall–Kier alpha value is -2.39. The number of amides is 1. The zero-order chi connectivity index (χ0) is 13.7. The van der Waals surface area contributed by atoms with Crippen molar-refractivity contribution in [2.75, 3.05) is 7.11 Å². The second kappa shape index (κ2) is 5.98. The van der Waals surface area contributed by atoms with Crippen LogP contribution < -0.4 is 5.48 Å². The highest BCUT2D eigenvalue weighted by atomic mass is 16.6. The van der Waals surface area contributed by atoms with Gasteiger partial charge in [-0.15, -0.1) is 0 Å². The molecule has 0 heterocycles. The molecule has 0 spiro atoms. The molecule has 0 bridgehead atoms. The van der Waals surface area contributed by atoms with Crippen molar-refractivity contribution in [3.63, 3.8) is 0 Å². The summed E-state index contributed by atoms with van der Waals surface area (Å²) < 4.78 is 0. The summed E-state index contributed by atoms with van der Waals surface area (Å²) in [5.41, 5.74) is 5.46. The van der Waals surface area contributed by atoms with Gasteiger partial charge in [0.1, 0.15) is 0 Å². The number of nitrogens with one attached hydrogen (secondary N) is 1. The minimum Gasteiger partial charge on any atom is -0.277 e. The highest BCUT2D eigenvalue weighted by Gasteiger charge is 2.13. The molecular weight excluding hydrogens is 238 g/mol. The molecule has 0 atom stereocenters. The molecule has 96 valence electrons. The monoisotopic (exact) mass is 253 g/mol. The quantitative estimate of drug-likeness (QED) is 0.850. The van der Waals surface area contributed by atoms with Gasteiger partial charge < -0.3 is 0 Å². The summed E-state index contributed by atoms with van der Waals surface area (Å²) in [4.78, 5) is 16.6. The summed E-state index contributed by atoms with van der Waals surface area (Å²) in [6, 6.07) is 17.1. The van der Waals surface area contributed by atoms with Crippen LogP contribution in [0, 0.1) is 0 Å². The van der Waals surface area contributed by atoms with Gasteiger partial charge in [0.05, 0.1) is 7.11 Å². The van der Waals surface area contributed by atoms with Crippen molar-refractivity contribution in [2.45, 2.75) is 0 Å². The Labute approximate surface area is 112 Å². The molecule has 2 aromatic carbocycles. The Bertz CT molecular complexity index is 591. The van der Waals surface area contributed by atoms with Gasteiger partial charge in [-0.1, -0.05) is 55.1 Å². The molecule has 3 nitrogen and oxygen atoms in total. The number of carbonyl (C=O) groups is 1. The molecule has 0 aliphatic carbocycles. The number of benzene rings is 2. The smallest absolute Gasteiger partial charge is 0.275 e. The molecule has 2 rings (SSSR count). The molecule has 0 aliphatic heterocycles. The van der Waals surface area contributed by atoms with Gasteiger partial charge in [0.2, 0.25) is 0 Å². The molecule has 0 radical (unpaired) electrons. The first-order chi connectivity index (χ1) is 9.24. The molecule has 3 heteroatoms. The molecule has 2 aromatic rings. The molecule has 0 unspecified atom stereocenters. The van der Waals surface area contributed by atoms with E-state index < -0.39 is 0 Å². The van der Waals surface area contributed by atoms with Crippen LogP contribution in [0.25, 0.3) is 5.57 Å². The van der Waals surface area contributed by atoms with E-state index in [-0.39, 0.29) is 5.91 Å². The van der Waals surface area contributed by atoms with Crippen LogP contribution in [0.5, 0.6) is 0 Å². The number of hydrogen-bond donors (Lipinski definition) is 1. The molecule has 0 saturated heterocycles. The Morgan fingerprint density at radius 3 is 2.21 bits per heavy atom. The van der Waals surface area contributed by atoms with Crippen molar-refractivity contribution < 1.29 is 9.63 Å². The molecule has 0 aliphatic rings. The minimum atomic E-state index is -0.282. The SMILES string of the molecule is C=C(c1ccccc1)c1ccccc1C(=O)NOC. The first-order valence-corrected chi connectivity index (χ1v) is 5.91. The molecule has 19 heavy (non-hydrogen) atoms. The standard InChI is InChI=1S/C16H15NO2/c1-12(13-8-4-3-5-9-13)14-10-6-7-11-15(14)16(18)17-19-2/h3-11H,1H2,2H3,(H,17,18). The Morgan fingerprint density at radius 1 is 1.00 bits per heavy atom. The van der Waals surface area contributed by atoms with Crippen molar-refractivity contribution in [1.29, 1.82) is 0 Å². The van der Waals surface area contributed by atoms with Crippen molar-refractivity contribution in [3.8, 4) is 0 Å². The van der Waals surface area contributed by atoms with Crippen LogP contribution in [0.2, 0.25) is 0 Å². The van der Waals surface area contributed by atoms with Crippen LogP contribution in [-0.2, 0) is 4.84 Å². The fraction of sp³-hybridized carbons (Fsp3) is 0.0625. The summed E-state index contributed by atoms with van der Waals surface area (Å²) in [6.07, 6.45) is 0. The van der Waals surface area contributed by atoms with E-state index in [9.17, 15) is 4.79 Å². The molecule has 0 fully saturated rings. The Kier molecular flexibility index (Phi) is 4.11. The van der Waals surface area contributed by atoms with Gasteiger partial charge in [-0.25, -0.2) is 5.48 Å². The zero-order valence-electron chi connectivity index (χ0n) is 10.7. The zero-order valence-corrected chi connectivity index (χ0v) is 10.7. The lowest BCUT2D eigenvalue weighted by molar-refractivity contribution is 0.0537. The third-order valence-corrected chi connectivity index (χ3v) is 2.81. The van der Waals surface area contributed by atoms with Gasteiger partial charge in [0.25, 0.3) is 5.91 Å². The van der Waals surface area contributed by atoms with Crippen molar-refractivity contribution >= 4 is 11.5 Å². The van der Waals surface area contributed by atoms with Crippen LogP contribution >= 0.6 is 0 Å². The van der Waals surface area contributed by atoms with Gasteiger partial charge in [-0.05, 0) is 22.8 Å². The third-order valence-electron chi connectivity index (χ3n) is 2.81. The molecule has 1 amide bonds. The Balaban J connectivity index is 2.40. The summed E-state index contributed by atoms with van der Waals surface area (Å²) in [5.74, 6) is -0.282. The summed E-state index contributed by atoms with van der Waals surface area (Å²) in [7, 11) is 1.41. The lowest BCUT2D eigenvalue weighted by Gasteiger charge is -2.11. The summed E-state index contributed by atoms with van der Waals surface area (Å²) in [6.45, 7) is 4.08. The van der Waals surface area contributed by atoms with E-state index in [2.05, 4.69) is 16.9 Å². The summed E-state index contributed by atoms with van der Waals surface area (Å²) >= 11 is 0. The highest BCUT2D eigenvalue weighted by Crippen LogP contribution is 2.24. The van der Waals surface area contributed by atoms with E-state index in [1.165, 1.54) is 7.11 Å². The van der Waals surface area contributed by atoms with Crippen LogP contribution in [0.1, 0.15) is 21.5 Å². The maximum Gasteiger partial charge on any atom is 0.275 e. The van der Waals surface area contributed by atoms with E-state index in [1.54, 1.807) is 6.07 Å². The number of hydrogen-bond acceptors (Lipinski definition) is 2. The second-order valence-electron chi connectivity index (χ2n) is 4.03. The molecule has 0 aromatic heterocycles. The van der Waals surface area contributed by atoms with E-state index in [0.717, 1.165) is 16.7 Å². The van der Waals surface area contributed by atoms with E-state index in [1.807, 2.05) is 48.5 Å². The van der Waals surface area contributed by atoms with Crippen LogP contribution in [-0.4, -0.2) is 13.0 Å². The number of carbonyl (C=O) groups excluding carboxylic acids is 1. The Morgan fingerprint density at radius 2 is 1.58 bits per heavy atom. The number of rotatable bonds is 4. The lowest BCUT2D eigenvalue weighted by atomic mass is 9.95. The predicted octanol–water partition coefficient (Wildman–Crippen LogP) is 3.04. The average Bonchev–Trinajstić information content (AvgIpc) is 2.47. The van der Waals surface area contributed by atoms with E-state index in [0.29, 0.717) is 5.56 Å². The first-order valence-electron chi connectivity index (χ1n) is 5.91. The maximum absolute atomic E-state index is 11.9. The topological polar surface area (TPSA) is 38.3 Å². The second-order valence-corrected chi connectivity index (χ2v) is 4.03. The van der Waals surface area contributed by atoms with Crippen molar-refractivity contribution in [2.24, 2.45) is 0 Å². The van der Waals surface area contributed by atoms with Gasteiger partial charge in [0.15, 0.2) is 0 Å². The predicted molar refractivity (Wildman–Crippen MR) is 75.5 cm³/mol. The fourth-order valence-corrected chi connectivity index (χ4v) is 1.89. The van der Waals surface area contributed by atoms with Crippen LogP contribution in [0.15, 0.2) is 61.2 Å². The van der Waals surface area contributed by atoms with Crippen molar-refractivity contribution in [3.05, 3.63) is 77.9 Å². The highest BCUT2D eigenvalue weighted by molar-refractivity contribution is 6.00. The largest absolute Gasteiger partial charge is 0.277 e. The first kappa shape index (κ1) is 13.1. The average molecular weight is 253 g/mol. The van der Waals surface area contributed by atoms with Crippen LogP contribution in [0.3, 0.4) is 0 Å². The van der Waals surface area contributed by atoms with E-state index in [4.69, 9.17) is 0 Å². The summed E-state index contributed by atoms with van der Waals surface area (Å²) in [5, 5.41) is 0. The van der Waals surface area contributed by atoms with Gasteiger partial charge in [0, 0.05) is 5.56 Å². The fourth-order valence-electron chi connectivity index (χ4n) is 1.89. The molecule has 1 N–H and O–H groups in total. The maximum atomic E-state index is 11.9. The van der Waals surface area contributed by atoms with Gasteiger partial charge in [-0.3, -0.25) is 9.63 Å². The number of hydroxylamine groups is 1.